The van der Waals surface area contributed by atoms with Gasteiger partial charge < -0.3 is 0 Å². The molecule has 0 saturated heterocycles. The van der Waals surface area contributed by atoms with Gasteiger partial charge in [-0.15, -0.1) is 0 Å². The van der Waals surface area contributed by atoms with Crippen molar-refractivity contribution in [2.45, 2.75) is 0 Å². The van der Waals surface area contributed by atoms with Crippen LogP contribution in [0.5, 0.6) is 0 Å². The Balaban J connectivity index is 2.09. The van der Waals surface area contributed by atoms with E-state index in [-0.39, 0.29) is 0 Å². The van der Waals surface area contributed by atoms with Gasteiger partial charge in [-0.3, -0.25) is 0 Å². The summed E-state index contributed by atoms with van der Waals surface area (Å²) >= 11 is 0.597. The first kappa shape index (κ1) is 11.9. The Bertz CT molecular complexity index is 441. The van der Waals surface area contributed by atoms with Gasteiger partial charge in [0.1, 0.15) is 0 Å². The Kier molecular flexibility index (Phi) is 4.19. The second-order valence-corrected chi connectivity index (χ2v) is 21.3. The monoisotopic (exact) mass is 514 g/mol. The van der Waals surface area contributed by atoms with E-state index in [4.69, 9.17) is 0 Å². The quantitative estimate of drug-likeness (QED) is 0.411. The number of rotatable bonds is 3. The number of hydrogen-bond acceptors (Lipinski definition) is 0. The molecule has 0 spiro atoms. The second-order valence-electron chi connectivity index (χ2n) is 3.19. The fraction of sp³-hybridized carbons (Fsp3) is 0. The van der Waals surface area contributed by atoms with Crippen LogP contribution in [0.3, 0.4) is 0 Å². The molecule has 3 aromatic heterocycles. The van der Waals surface area contributed by atoms with Gasteiger partial charge >= 0.3 is 122 Å². The van der Waals surface area contributed by atoms with E-state index in [1.54, 1.807) is 0 Å². The normalized spacial score (nSPS) is 11.1. The van der Waals surface area contributed by atoms with E-state index < -0.39 is 20.2 Å². The zero-order valence-corrected chi connectivity index (χ0v) is 16.1. The third kappa shape index (κ3) is 2.47. The SMILES string of the molecule is c1c[se][c]([Sb]([c]2ccc[se]2)[c]2ccc[se]2)c1. The summed E-state index contributed by atoms with van der Waals surface area (Å²) in [5, 5.41) is 0. The van der Waals surface area contributed by atoms with Crippen LogP contribution < -0.4 is 7.15 Å². The number of hydrogen-bond donors (Lipinski definition) is 0. The molecular formula is C12H9SbSe3. The minimum absolute atomic E-state index is 0.668. The van der Waals surface area contributed by atoms with Gasteiger partial charge in [0, 0.05) is 0 Å². The molecule has 0 aliphatic heterocycles. The van der Waals surface area contributed by atoms with Crippen molar-refractivity contribution in [1.82, 2.24) is 0 Å². The van der Waals surface area contributed by atoms with Gasteiger partial charge in [-0.05, 0) is 0 Å². The van der Waals surface area contributed by atoms with Crippen LogP contribution in [0.25, 0.3) is 0 Å². The molecule has 0 amide bonds. The molecule has 0 aromatic carbocycles. The summed E-state index contributed by atoms with van der Waals surface area (Å²) in [6, 6.07) is 14.1. The van der Waals surface area contributed by atoms with Gasteiger partial charge in [0.2, 0.25) is 0 Å². The van der Waals surface area contributed by atoms with Crippen molar-refractivity contribution in [2.24, 2.45) is 0 Å². The Labute approximate surface area is 121 Å². The van der Waals surface area contributed by atoms with Gasteiger partial charge in [0.25, 0.3) is 0 Å². The van der Waals surface area contributed by atoms with E-state index in [2.05, 4.69) is 51.2 Å². The average molecular weight is 512 g/mol. The van der Waals surface area contributed by atoms with Crippen LogP contribution in [0.1, 0.15) is 0 Å². The molecule has 0 unspecified atom stereocenters. The Morgan fingerprint density at radius 1 is 0.625 bits per heavy atom. The van der Waals surface area contributed by atoms with Crippen molar-refractivity contribution in [3.05, 3.63) is 51.2 Å². The van der Waals surface area contributed by atoms with Crippen molar-refractivity contribution in [3.8, 4) is 0 Å². The first-order chi connectivity index (χ1) is 7.95. The van der Waals surface area contributed by atoms with Crippen molar-refractivity contribution in [3.63, 3.8) is 0 Å². The summed E-state index contributed by atoms with van der Waals surface area (Å²) < 4.78 is 5.51. The molecule has 3 aromatic rings. The summed E-state index contributed by atoms with van der Waals surface area (Å²) in [4.78, 5) is 7.14. The van der Waals surface area contributed by atoms with Gasteiger partial charge in [-0.25, -0.2) is 0 Å². The fourth-order valence-corrected chi connectivity index (χ4v) is 30.5. The van der Waals surface area contributed by atoms with Gasteiger partial charge in [0.05, 0.1) is 0 Å². The van der Waals surface area contributed by atoms with E-state index in [1.165, 1.54) is 0 Å². The van der Waals surface area contributed by atoms with Gasteiger partial charge in [-0.2, -0.15) is 0 Å². The first-order valence-electron chi connectivity index (χ1n) is 4.86. The second kappa shape index (κ2) is 5.64. The molecule has 0 radical (unpaired) electrons. The molecule has 0 atom stereocenters. The van der Waals surface area contributed by atoms with Crippen LogP contribution in [0.15, 0.2) is 51.2 Å². The van der Waals surface area contributed by atoms with Crippen LogP contribution in [-0.2, 0) is 0 Å². The van der Waals surface area contributed by atoms with Gasteiger partial charge in [-0.1, -0.05) is 0 Å². The first-order valence-corrected chi connectivity index (χ1v) is 14.2. The Hall–Kier alpha value is 0.817. The summed E-state index contributed by atoms with van der Waals surface area (Å²) in [7, 11) is 0. The maximum absolute atomic E-state index is 2.42. The summed E-state index contributed by atoms with van der Waals surface area (Å²) in [5.74, 6) is 0. The maximum atomic E-state index is 2.42. The van der Waals surface area contributed by atoms with Gasteiger partial charge in [0.15, 0.2) is 0 Å². The van der Waals surface area contributed by atoms with E-state index in [9.17, 15) is 0 Å². The third-order valence-electron chi connectivity index (χ3n) is 2.18. The molecule has 0 saturated carbocycles. The van der Waals surface area contributed by atoms with Crippen LogP contribution in [0.2, 0.25) is 0 Å². The fourth-order valence-electron chi connectivity index (χ4n) is 1.52. The predicted octanol–water partition coefficient (Wildman–Crippen LogP) is -0.626. The summed E-state index contributed by atoms with van der Waals surface area (Å²) in [6.45, 7) is 0. The summed E-state index contributed by atoms with van der Waals surface area (Å²) in [6.07, 6.45) is 0. The predicted molar refractivity (Wildman–Crippen MR) is 74.8 cm³/mol. The molecule has 16 heavy (non-hydrogen) atoms. The van der Waals surface area contributed by atoms with Crippen LogP contribution in [0, 0.1) is 0 Å². The standard InChI is InChI=1S/3C4H3Se.Sb/c3*1-2-4-5-3-1;/h3*1-3H;. The molecule has 0 N–H and O–H groups in total. The Morgan fingerprint density at radius 3 is 1.25 bits per heavy atom. The molecule has 0 nitrogen and oxygen atoms in total. The third-order valence-corrected chi connectivity index (χ3v) is 23.9. The van der Waals surface area contributed by atoms with E-state index >= 15 is 0 Å². The summed E-state index contributed by atoms with van der Waals surface area (Å²) in [5.41, 5.74) is 0. The van der Waals surface area contributed by atoms with Crippen molar-refractivity contribution >= 4 is 70.9 Å². The van der Waals surface area contributed by atoms with Crippen molar-refractivity contribution < 1.29 is 0 Å². The average Bonchev–Trinajstić information content (AvgIpc) is 3.02. The molecular weight excluding hydrogens is 503 g/mol. The van der Waals surface area contributed by atoms with Crippen LogP contribution in [-0.4, -0.2) is 63.7 Å². The molecule has 3 rings (SSSR count). The van der Waals surface area contributed by atoms with Crippen LogP contribution >= 0.6 is 0 Å². The van der Waals surface area contributed by atoms with E-state index in [0.29, 0.717) is 43.5 Å². The molecule has 4 heteroatoms. The Morgan fingerprint density at radius 2 is 1.00 bits per heavy atom. The van der Waals surface area contributed by atoms with Crippen molar-refractivity contribution in [1.29, 1.82) is 0 Å². The van der Waals surface area contributed by atoms with Crippen molar-refractivity contribution in [2.75, 3.05) is 0 Å². The molecule has 0 aliphatic rings. The molecule has 3 heterocycles. The topological polar surface area (TPSA) is 0 Å². The molecule has 80 valence electrons. The van der Waals surface area contributed by atoms with E-state index in [0.717, 1.165) is 0 Å². The molecule has 0 fully saturated rings. The molecule has 0 bridgehead atoms. The minimum atomic E-state index is -1.41. The zero-order valence-electron chi connectivity index (χ0n) is 8.37. The van der Waals surface area contributed by atoms with Crippen LogP contribution in [0.4, 0.5) is 0 Å². The molecule has 0 aliphatic carbocycles. The zero-order chi connectivity index (χ0) is 10.8. The van der Waals surface area contributed by atoms with E-state index in [1.807, 2.05) is 7.15 Å².